The molecule has 3 nitrogen and oxygen atoms in total. The molecule has 0 aliphatic carbocycles. The Morgan fingerprint density at radius 1 is 1.38 bits per heavy atom. The van der Waals surface area contributed by atoms with Crippen molar-refractivity contribution in [1.82, 2.24) is 0 Å². The third-order valence-corrected chi connectivity index (χ3v) is 2.22. The Kier molecular flexibility index (Phi) is 4.14. The Bertz CT molecular complexity index is 370. The van der Waals surface area contributed by atoms with E-state index in [4.69, 9.17) is 9.94 Å². The molecule has 0 aliphatic rings. The normalized spacial score (nSPS) is 14.4. The minimum atomic E-state index is -0.511. The average Bonchev–Trinajstić information content (AvgIpc) is 2.30. The van der Waals surface area contributed by atoms with Crippen LogP contribution in [-0.4, -0.2) is 10.8 Å². The number of hydrogen-bond donors (Lipinski definition) is 2. The first-order chi connectivity index (χ1) is 7.63. The third kappa shape index (κ3) is 3.14. The van der Waals surface area contributed by atoms with Crippen molar-refractivity contribution in [2.45, 2.75) is 19.4 Å². The fourth-order valence-corrected chi connectivity index (χ4v) is 1.33. The van der Waals surface area contributed by atoms with Gasteiger partial charge in [0.15, 0.2) is 0 Å². The van der Waals surface area contributed by atoms with Crippen LogP contribution in [0.25, 0.3) is 0 Å². The van der Waals surface area contributed by atoms with Crippen molar-refractivity contribution < 1.29 is 9.94 Å². The van der Waals surface area contributed by atoms with E-state index in [9.17, 15) is 0 Å². The SMILES string of the molecule is C=CC(C)(C=CC)Oc1ccc(NO)cc1. The van der Waals surface area contributed by atoms with E-state index in [1.54, 1.807) is 30.3 Å². The van der Waals surface area contributed by atoms with Gasteiger partial charge in [-0.1, -0.05) is 12.7 Å². The molecule has 0 saturated heterocycles. The lowest BCUT2D eigenvalue weighted by Gasteiger charge is -2.23. The van der Waals surface area contributed by atoms with Crippen molar-refractivity contribution >= 4 is 5.69 Å². The summed E-state index contributed by atoms with van der Waals surface area (Å²) in [7, 11) is 0. The van der Waals surface area contributed by atoms with Crippen LogP contribution in [0.1, 0.15) is 13.8 Å². The quantitative estimate of drug-likeness (QED) is 0.589. The summed E-state index contributed by atoms with van der Waals surface area (Å²) in [4.78, 5) is 0. The molecule has 0 bridgehead atoms. The van der Waals surface area contributed by atoms with Crippen molar-refractivity contribution in [2.75, 3.05) is 5.48 Å². The van der Waals surface area contributed by atoms with Crippen LogP contribution in [0, 0.1) is 0 Å². The molecule has 0 amide bonds. The second-order valence-electron chi connectivity index (χ2n) is 3.63. The number of anilines is 1. The predicted molar refractivity (Wildman–Crippen MR) is 65.9 cm³/mol. The number of nitrogens with one attached hydrogen (secondary N) is 1. The van der Waals surface area contributed by atoms with E-state index in [0.717, 1.165) is 5.75 Å². The number of ether oxygens (including phenoxy) is 1. The van der Waals surface area contributed by atoms with Gasteiger partial charge in [-0.3, -0.25) is 10.7 Å². The van der Waals surface area contributed by atoms with Crippen LogP contribution in [0.2, 0.25) is 0 Å². The first kappa shape index (κ1) is 12.3. The van der Waals surface area contributed by atoms with Crippen LogP contribution in [0.4, 0.5) is 5.69 Å². The third-order valence-electron chi connectivity index (χ3n) is 2.22. The molecule has 3 heteroatoms. The van der Waals surface area contributed by atoms with Crippen LogP contribution in [0.3, 0.4) is 0 Å². The van der Waals surface area contributed by atoms with Crippen molar-refractivity contribution in [1.29, 1.82) is 0 Å². The van der Waals surface area contributed by atoms with Crippen LogP contribution in [-0.2, 0) is 0 Å². The van der Waals surface area contributed by atoms with Gasteiger partial charge in [-0.05, 0) is 50.3 Å². The van der Waals surface area contributed by atoms with Crippen molar-refractivity contribution in [3.05, 3.63) is 49.1 Å². The van der Waals surface area contributed by atoms with Crippen LogP contribution >= 0.6 is 0 Å². The number of rotatable bonds is 5. The molecule has 0 fully saturated rings. The molecule has 16 heavy (non-hydrogen) atoms. The summed E-state index contributed by atoms with van der Waals surface area (Å²) >= 11 is 0. The Morgan fingerprint density at radius 3 is 2.44 bits per heavy atom. The van der Waals surface area contributed by atoms with E-state index in [0.29, 0.717) is 5.69 Å². The van der Waals surface area contributed by atoms with Crippen molar-refractivity contribution in [3.63, 3.8) is 0 Å². The number of allylic oxidation sites excluding steroid dienone is 1. The summed E-state index contributed by atoms with van der Waals surface area (Å²) in [6, 6.07) is 7.02. The molecule has 1 rings (SSSR count). The lowest BCUT2D eigenvalue weighted by molar-refractivity contribution is 0.193. The molecule has 0 heterocycles. The lowest BCUT2D eigenvalue weighted by atomic mass is 10.1. The molecule has 1 unspecified atom stereocenters. The van der Waals surface area contributed by atoms with E-state index < -0.39 is 5.60 Å². The standard InChI is InChI=1S/C13H17NO2/c1-4-10-13(3,5-2)16-12-8-6-11(14-15)7-9-12/h4-10,14-15H,2H2,1,3H3. The van der Waals surface area contributed by atoms with Crippen molar-refractivity contribution in [3.8, 4) is 5.75 Å². The topological polar surface area (TPSA) is 41.5 Å². The molecule has 1 atom stereocenters. The van der Waals surface area contributed by atoms with Gasteiger partial charge in [0.2, 0.25) is 0 Å². The Balaban J connectivity index is 2.82. The van der Waals surface area contributed by atoms with E-state index in [2.05, 4.69) is 12.1 Å². The largest absolute Gasteiger partial charge is 0.479 e. The second-order valence-corrected chi connectivity index (χ2v) is 3.63. The van der Waals surface area contributed by atoms with Gasteiger partial charge >= 0.3 is 0 Å². The maximum absolute atomic E-state index is 8.67. The van der Waals surface area contributed by atoms with E-state index in [1.165, 1.54) is 0 Å². The number of hydrogen-bond acceptors (Lipinski definition) is 3. The van der Waals surface area contributed by atoms with E-state index in [-0.39, 0.29) is 0 Å². The Morgan fingerprint density at radius 2 is 2.00 bits per heavy atom. The maximum atomic E-state index is 8.67. The minimum Gasteiger partial charge on any atom is -0.479 e. The molecule has 1 aromatic carbocycles. The summed E-state index contributed by atoms with van der Waals surface area (Å²) in [5.74, 6) is 0.722. The highest BCUT2D eigenvalue weighted by molar-refractivity contribution is 5.44. The highest BCUT2D eigenvalue weighted by Crippen LogP contribution is 2.22. The summed E-state index contributed by atoms with van der Waals surface area (Å²) in [5, 5.41) is 8.67. The molecule has 0 aliphatic heterocycles. The van der Waals surface area contributed by atoms with Gasteiger partial charge in [0.25, 0.3) is 0 Å². The molecule has 0 spiro atoms. The molecule has 1 aromatic rings. The fraction of sp³-hybridized carbons (Fsp3) is 0.231. The summed E-state index contributed by atoms with van der Waals surface area (Å²) < 4.78 is 5.78. The van der Waals surface area contributed by atoms with Gasteiger partial charge in [-0.2, -0.15) is 0 Å². The zero-order valence-electron chi connectivity index (χ0n) is 9.60. The Hall–Kier alpha value is -1.74. The number of benzene rings is 1. The predicted octanol–water partition coefficient (Wildman–Crippen LogP) is 3.39. The smallest absolute Gasteiger partial charge is 0.142 e. The summed E-state index contributed by atoms with van der Waals surface area (Å²) in [6.07, 6.45) is 5.59. The average molecular weight is 219 g/mol. The maximum Gasteiger partial charge on any atom is 0.142 e. The lowest BCUT2D eigenvalue weighted by Crippen LogP contribution is -2.26. The highest BCUT2D eigenvalue weighted by atomic mass is 16.5. The molecule has 0 radical (unpaired) electrons. The van der Waals surface area contributed by atoms with Crippen molar-refractivity contribution in [2.24, 2.45) is 0 Å². The zero-order chi connectivity index (χ0) is 12.0. The first-order valence-corrected chi connectivity index (χ1v) is 5.10. The fourth-order valence-electron chi connectivity index (χ4n) is 1.33. The van der Waals surface area contributed by atoms with Gasteiger partial charge < -0.3 is 4.74 Å². The van der Waals surface area contributed by atoms with Crippen LogP contribution in [0.15, 0.2) is 49.1 Å². The molecule has 0 aromatic heterocycles. The Labute approximate surface area is 96.0 Å². The molecular formula is C13H17NO2. The van der Waals surface area contributed by atoms with Crippen LogP contribution in [0.5, 0.6) is 5.75 Å². The summed E-state index contributed by atoms with van der Waals surface area (Å²) in [5.41, 5.74) is 2.18. The first-order valence-electron chi connectivity index (χ1n) is 5.10. The van der Waals surface area contributed by atoms with Crippen LogP contribution < -0.4 is 10.2 Å². The molecule has 86 valence electrons. The van der Waals surface area contributed by atoms with E-state index >= 15 is 0 Å². The van der Waals surface area contributed by atoms with Gasteiger partial charge in [0.05, 0.1) is 5.69 Å². The van der Waals surface area contributed by atoms with Gasteiger partial charge in [0.1, 0.15) is 11.4 Å². The molecular weight excluding hydrogens is 202 g/mol. The minimum absolute atomic E-state index is 0.511. The monoisotopic (exact) mass is 219 g/mol. The summed E-state index contributed by atoms with van der Waals surface area (Å²) in [6.45, 7) is 7.62. The van der Waals surface area contributed by atoms with E-state index in [1.807, 2.05) is 26.0 Å². The van der Waals surface area contributed by atoms with Gasteiger partial charge in [-0.25, -0.2) is 0 Å². The van der Waals surface area contributed by atoms with Gasteiger partial charge in [-0.15, -0.1) is 0 Å². The van der Waals surface area contributed by atoms with Gasteiger partial charge in [0, 0.05) is 0 Å². The zero-order valence-corrected chi connectivity index (χ0v) is 9.60. The second kappa shape index (κ2) is 5.37. The highest BCUT2D eigenvalue weighted by Gasteiger charge is 2.17. The molecule has 0 saturated carbocycles. The molecule has 2 N–H and O–H groups in total.